The number of carbonyl (C=O) groups is 2. The molecule has 2 amide bonds. The Balaban J connectivity index is 1.47. The van der Waals surface area contributed by atoms with Gasteiger partial charge in [0.25, 0.3) is 11.8 Å². The molecule has 2 atom stereocenters. The third kappa shape index (κ3) is 4.46. The fourth-order valence-corrected chi connectivity index (χ4v) is 4.83. The fraction of sp³-hybridized carbons (Fsp3) is 0.417. The monoisotopic (exact) mass is 426 g/mol. The first-order valence-corrected chi connectivity index (χ1v) is 11.0. The van der Waals surface area contributed by atoms with Crippen LogP contribution in [0.5, 0.6) is 5.75 Å². The lowest BCUT2D eigenvalue weighted by atomic mass is 9.75. The molecule has 4 rings (SSSR count). The number of piperidine rings is 1. The Morgan fingerprint density at radius 3 is 2.50 bits per heavy atom. The second-order valence-electron chi connectivity index (χ2n) is 8.22. The predicted molar refractivity (Wildman–Crippen MR) is 118 cm³/mol. The first kappa shape index (κ1) is 20.7. The van der Waals surface area contributed by atoms with E-state index >= 15 is 0 Å². The number of nitrogens with zero attached hydrogens (tertiary/aromatic N) is 1. The Morgan fingerprint density at radius 2 is 1.77 bits per heavy atom. The number of nitrogens with one attached hydrogen (secondary N) is 1. The second-order valence-corrected chi connectivity index (χ2v) is 8.66. The number of carbonyl (C=O) groups excluding carboxylic acids is 2. The van der Waals surface area contributed by atoms with Crippen LogP contribution in [0, 0.1) is 11.8 Å². The summed E-state index contributed by atoms with van der Waals surface area (Å²) in [6, 6.07) is 11.9. The Hall–Kier alpha value is -2.53. The molecule has 30 heavy (non-hydrogen) atoms. The molecule has 0 bridgehead atoms. The number of fused-ring (bicyclic) bond motifs is 1. The van der Waals surface area contributed by atoms with Crippen LogP contribution in [-0.4, -0.2) is 36.9 Å². The Labute approximate surface area is 182 Å². The fourth-order valence-electron chi connectivity index (χ4n) is 4.71. The van der Waals surface area contributed by atoms with Crippen LogP contribution >= 0.6 is 11.6 Å². The standard InChI is InChI=1S/C24H27ClN2O3/c1-30-22-14-20(26-23(28)17-6-8-19(25)9-7-17)10-11-21(22)24(29)27-13-12-16-4-2-3-5-18(16)15-27/h6-11,14,16,18H,2-5,12-13,15H2,1H3,(H,26,28). The van der Waals surface area contributed by atoms with E-state index in [0.717, 1.165) is 25.4 Å². The Kier molecular flexibility index (Phi) is 6.28. The van der Waals surface area contributed by atoms with Crippen molar-refractivity contribution in [1.29, 1.82) is 0 Å². The van der Waals surface area contributed by atoms with Gasteiger partial charge in [0.1, 0.15) is 5.75 Å². The number of hydrogen-bond acceptors (Lipinski definition) is 3. The van der Waals surface area contributed by atoms with Crippen LogP contribution < -0.4 is 10.1 Å². The van der Waals surface area contributed by atoms with Crippen LogP contribution in [0.4, 0.5) is 5.69 Å². The maximum atomic E-state index is 13.2. The number of halogens is 1. The van der Waals surface area contributed by atoms with Gasteiger partial charge in [0, 0.05) is 35.4 Å². The van der Waals surface area contributed by atoms with Gasteiger partial charge >= 0.3 is 0 Å². The zero-order valence-corrected chi connectivity index (χ0v) is 18.0. The van der Waals surface area contributed by atoms with Crippen molar-refractivity contribution in [3.63, 3.8) is 0 Å². The number of anilines is 1. The lowest BCUT2D eigenvalue weighted by Gasteiger charge is -2.41. The normalized spacial score (nSPS) is 20.9. The minimum atomic E-state index is -0.243. The molecule has 1 saturated carbocycles. The van der Waals surface area contributed by atoms with E-state index in [9.17, 15) is 9.59 Å². The van der Waals surface area contributed by atoms with E-state index in [-0.39, 0.29) is 11.8 Å². The van der Waals surface area contributed by atoms with Gasteiger partial charge in [-0.1, -0.05) is 30.9 Å². The van der Waals surface area contributed by atoms with Gasteiger partial charge in [-0.25, -0.2) is 0 Å². The molecule has 2 unspecified atom stereocenters. The van der Waals surface area contributed by atoms with E-state index in [4.69, 9.17) is 16.3 Å². The zero-order chi connectivity index (χ0) is 21.1. The molecule has 0 aromatic heterocycles. The number of methoxy groups -OCH3 is 1. The predicted octanol–water partition coefficient (Wildman–Crippen LogP) is 5.25. The van der Waals surface area contributed by atoms with E-state index in [0.29, 0.717) is 33.5 Å². The molecule has 2 aliphatic rings. The number of hydrogen-bond donors (Lipinski definition) is 1. The minimum Gasteiger partial charge on any atom is -0.496 e. The van der Waals surface area contributed by atoms with Crippen molar-refractivity contribution in [3.05, 3.63) is 58.6 Å². The van der Waals surface area contributed by atoms with Crippen molar-refractivity contribution in [2.24, 2.45) is 11.8 Å². The van der Waals surface area contributed by atoms with Crippen molar-refractivity contribution in [1.82, 2.24) is 4.90 Å². The summed E-state index contributed by atoms with van der Waals surface area (Å²) >= 11 is 5.88. The quantitative estimate of drug-likeness (QED) is 0.726. The highest BCUT2D eigenvalue weighted by molar-refractivity contribution is 6.30. The maximum absolute atomic E-state index is 13.2. The topological polar surface area (TPSA) is 58.6 Å². The van der Waals surface area contributed by atoms with Crippen molar-refractivity contribution < 1.29 is 14.3 Å². The Morgan fingerprint density at radius 1 is 1.03 bits per heavy atom. The van der Waals surface area contributed by atoms with Crippen LogP contribution in [0.1, 0.15) is 52.8 Å². The van der Waals surface area contributed by atoms with Crippen molar-refractivity contribution >= 4 is 29.1 Å². The van der Waals surface area contributed by atoms with E-state index in [2.05, 4.69) is 5.32 Å². The van der Waals surface area contributed by atoms with Gasteiger partial charge in [0.2, 0.25) is 0 Å². The lowest BCUT2D eigenvalue weighted by molar-refractivity contribution is 0.0518. The molecule has 2 aromatic carbocycles. The summed E-state index contributed by atoms with van der Waals surface area (Å²) in [4.78, 5) is 27.6. The molecule has 0 spiro atoms. The molecule has 1 heterocycles. The van der Waals surface area contributed by atoms with Gasteiger partial charge in [-0.05, 0) is 61.1 Å². The average molecular weight is 427 g/mol. The highest BCUT2D eigenvalue weighted by Crippen LogP contribution is 2.37. The van der Waals surface area contributed by atoms with Crippen molar-refractivity contribution in [2.45, 2.75) is 32.1 Å². The van der Waals surface area contributed by atoms with Crippen LogP contribution in [0.2, 0.25) is 5.02 Å². The van der Waals surface area contributed by atoms with E-state index in [1.807, 2.05) is 4.90 Å². The summed E-state index contributed by atoms with van der Waals surface area (Å²) < 4.78 is 5.49. The van der Waals surface area contributed by atoms with E-state index in [1.54, 1.807) is 49.6 Å². The molecule has 158 valence electrons. The molecular weight excluding hydrogens is 400 g/mol. The number of benzene rings is 2. The van der Waals surface area contributed by atoms with Crippen LogP contribution in [0.15, 0.2) is 42.5 Å². The van der Waals surface area contributed by atoms with Crippen LogP contribution in [0.25, 0.3) is 0 Å². The molecule has 0 radical (unpaired) electrons. The highest BCUT2D eigenvalue weighted by atomic mass is 35.5. The van der Waals surface area contributed by atoms with Crippen LogP contribution in [-0.2, 0) is 0 Å². The SMILES string of the molecule is COc1cc(NC(=O)c2ccc(Cl)cc2)ccc1C(=O)N1CCC2CCCCC2C1. The summed E-state index contributed by atoms with van der Waals surface area (Å²) in [5.41, 5.74) is 1.62. The molecular formula is C24H27ClN2O3. The number of ether oxygens (including phenoxy) is 1. The van der Waals surface area contributed by atoms with Crippen molar-refractivity contribution in [2.75, 3.05) is 25.5 Å². The molecule has 5 nitrogen and oxygen atoms in total. The van der Waals surface area contributed by atoms with E-state index < -0.39 is 0 Å². The van der Waals surface area contributed by atoms with Crippen molar-refractivity contribution in [3.8, 4) is 5.75 Å². The molecule has 1 saturated heterocycles. The first-order chi connectivity index (χ1) is 14.5. The Bertz CT molecular complexity index is 929. The molecule has 1 N–H and O–H groups in total. The van der Waals surface area contributed by atoms with Crippen LogP contribution in [0.3, 0.4) is 0 Å². The largest absolute Gasteiger partial charge is 0.496 e. The van der Waals surface area contributed by atoms with Gasteiger partial charge in [0.05, 0.1) is 12.7 Å². The third-order valence-corrected chi connectivity index (χ3v) is 6.63. The molecule has 6 heteroatoms. The van der Waals surface area contributed by atoms with Gasteiger partial charge < -0.3 is 15.0 Å². The van der Waals surface area contributed by atoms with Gasteiger partial charge in [-0.3, -0.25) is 9.59 Å². The summed E-state index contributed by atoms with van der Waals surface area (Å²) in [5.74, 6) is 1.63. The number of rotatable bonds is 4. The lowest BCUT2D eigenvalue weighted by Crippen LogP contribution is -2.44. The van der Waals surface area contributed by atoms with Gasteiger partial charge in [-0.15, -0.1) is 0 Å². The summed E-state index contributed by atoms with van der Waals surface area (Å²) in [6.07, 6.45) is 6.22. The summed E-state index contributed by atoms with van der Waals surface area (Å²) in [6.45, 7) is 1.64. The number of likely N-dealkylation sites (tertiary alicyclic amines) is 1. The summed E-state index contributed by atoms with van der Waals surface area (Å²) in [7, 11) is 1.55. The molecule has 1 aliphatic heterocycles. The summed E-state index contributed by atoms with van der Waals surface area (Å²) in [5, 5.41) is 3.43. The molecule has 2 fully saturated rings. The maximum Gasteiger partial charge on any atom is 0.257 e. The first-order valence-electron chi connectivity index (χ1n) is 10.6. The third-order valence-electron chi connectivity index (χ3n) is 6.37. The molecule has 2 aromatic rings. The van der Waals surface area contributed by atoms with E-state index in [1.165, 1.54) is 25.7 Å². The average Bonchev–Trinajstić information content (AvgIpc) is 2.78. The smallest absolute Gasteiger partial charge is 0.257 e. The highest BCUT2D eigenvalue weighted by Gasteiger charge is 2.33. The van der Waals surface area contributed by atoms with Gasteiger partial charge in [-0.2, -0.15) is 0 Å². The molecule has 1 aliphatic carbocycles. The minimum absolute atomic E-state index is 0.00597. The van der Waals surface area contributed by atoms with Gasteiger partial charge in [0.15, 0.2) is 0 Å². The zero-order valence-electron chi connectivity index (χ0n) is 17.2. The number of amides is 2. The second kappa shape index (κ2) is 9.09.